The summed E-state index contributed by atoms with van der Waals surface area (Å²) in [4.78, 5) is 24.2. The topological polar surface area (TPSA) is 43.4 Å². The van der Waals surface area contributed by atoms with Crippen molar-refractivity contribution >= 4 is 23.5 Å². The fourth-order valence-corrected chi connectivity index (χ4v) is 4.02. The lowest BCUT2D eigenvalue weighted by molar-refractivity contribution is -0.150. The van der Waals surface area contributed by atoms with E-state index in [1.807, 2.05) is 19.3 Å². The maximum absolute atomic E-state index is 12.3. The largest absolute Gasteiger partial charge is 0.459 e. The number of ketones is 1. The summed E-state index contributed by atoms with van der Waals surface area (Å²) in [7, 11) is 0. The third-order valence-electron chi connectivity index (χ3n) is 5.49. The SMILES string of the molecule is C=C(C)[C@@H]1C[C@@]2(C)C(=CC1=O)CC[C@@H](OC(=O)/C=C\SC)[C@H]2C. The standard InChI is InChI=1S/C19H26O3S/c1-12(2)15-11-19(4)13(3)17(22-18(21)8-9-23-5)7-6-14(19)10-16(15)20/h8-10,13,15,17H,1,6-7,11H2,2-5H3/b9-8-/t13-,15+,17-,19-/m1/s1. The third kappa shape index (κ3) is 3.63. The highest BCUT2D eigenvalue weighted by atomic mass is 32.2. The smallest absolute Gasteiger partial charge is 0.331 e. The van der Waals surface area contributed by atoms with E-state index in [1.165, 1.54) is 23.4 Å². The quantitative estimate of drug-likeness (QED) is 0.437. The number of hydrogen-bond donors (Lipinski definition) is 0. The normalized spacial score (nSPS) is 34.0. The van der Waals surface area contributed by atoms with E-state index in [0.29, 0.717) is 0 Å². The first-order valence-electron chi connectivity index (χ1n) is 8.10. The molecule has 0 bridgehead atoms. The predicted molar refractivity (Wildman–Crippen MR) is 95.1 cm³/mol. The van der Waals surface area contributed by atoms with Crippen molar-refractivity contribution in [1.82, 2.24) is 0 Å². The van der Waals surface area contributed by atoms with Crippen LogP contribution in [0.2, 0.25) is 0 Å². The molecular formula is C19H26O3S. The van der Waals surface area contributed by atoms with Gasteiger partial charge in [-0.3, -0.25) is 4.79 Å². The summed E-state index contributed by atoms with van der Waals surface area (Å²) >= 11 is 1.48. The molecule has 0 aromatic rings. The first-order chi connectivity index (χ1) is 10.8. The fraction of sp³-hybridized carbons (Fsp3) is 0.579. The molecule has 0 radical (unpaired) electrons. The van der Waals surface area contributed by atoms with Gasteiger partial charge in [-0.25, -0.2) is 4.79 Å². The minimum atomic E-state index is -0.282. The predicted octanol–water partition coefficient (Wildman–Crippen LogP) is 4.30. The molecule has 2 rings (SSSR count). The molecule has 126 valence electrons. The maximum Gasteiger partial charge on any atom is 0.331 e. The summed E-state index contributed by atoms with van der Waals surface area (Å²) in [6.45, 7) is 10.2. The van der Waals surface area contributed by atoms with E-state index >= 15 is 0 Å². The van der Waals surface area contributed by atoms with Crippen LogP contribution >= 0.6 is 11.8 Å². The number of hydrogen-bond acceptors (Lipinski definition) is 4. The van der Waals surface area contributed by atoms with E-state index < -0.39 is 0 Å². The van der Waals surface area contributed by atoms with E-state index in [0.717, 1.165) is 24.8 Å². The van der Waals surface area contributed by atoms with E-state index in [1.54, 1.807) is 5.41 Å². The second-order valence-corrected chi connectivity index (χ2v) is 7.68. The highest BCUT2D eigenvalue weighted by molar-refractivity contribution is 8.01. The molecule has 3 nitrogen and oxygen atoms in total. The fourth-order valence-electron chi connectivity index (χ4n) is 3.78. The minimum absolute atomic E-state index is 0.102. The molecule has 0 spiro atoms. The van der Waals surface area contributed by atoms with E-state index in [9.17, 15) is 9.59 Å². The van der Waals surface area contributed by atoms with Crippen molar-refractivity contribution in [2.45, 2.75) is 46.1 Å². The molecule has 4 heteroatoms. The first-order valence-corrected chi connectivity index (χ1v) is 9.38. The lowest BCUT2D eigenvalue weighted by Gasteiger charge is -2.49. The summed E-state index contributed by atoms with van der Waals surface area (Å²) in [6, 6.07) is 0. The van der Waals surface area contributed by atoms with Gasteiger partial charge in [-0.15, -0.1) is 11.8 Å². The van der Waals surface area contributed by atoms with Crippen LogP contribution in [0.15, 0.2) is 35.3 Å². The molecule has 0 amide bonds. The molecule has 1 saturated carbocycles. The van der Waals surface area contributed by atoms with Gasteiger partial charge in [0.25, 0.3) is 0 Å². The van der Waals surface area contributed by atoms with Gasteiger partial charge in [0.1, 0.15) is 6.10 Å². The van der Waals surface area contributed by atoms with Crippen LogP contribution in [0, 0.1) is 17.3 Å². The van der Waals surface area contributed by atoms with Crippen LogP contribution in [0.5, 0.6) is 0 Å². The zero-order valence-corrected chi connectivity index (χ0v) is 15.2. The summed E-state index contributed by atoms with van der Waals surface area (Å²) in [5.41, 5.74) is 2.02. The molecule has 2 aliphatic rings. The van der Waals surface area contributed by atoms with Crippen LogP contribution in [0.3, 0.4) is 0 Å². The van der Waals surface area contributed by atoms with Crippen molar-refractivity contribution in [3.8, 4) is 0 Å². The zero-order chi connectivity index (χ0) is 17.2. The van der Waals surface area contributed by atoms with E-state index in [-0.39, 0.29) is 35.1 Å². The van der Waals surface area contributed by atoms with Gasteiger partial charge in [-0.2, -0.15) is 0 Å². The number of carbonyl (C=O) groups is 2. The average molecular weight is 334 g/mol. The maximum atomic E-state index is 12.3. The van der Waals surface area contributed by atoms with E-state index in [4.69, 9.17) is 4.74 Å². The Balaban J connectivity index is 2.20. The Morgan fingerprint density at radius 1 is 1.52 bits per heavy atom. The van der Waals surface area contributed by atoms with Gasteiger partial charge in [0.2, 0.25) is 0 Å². The molecule has 0 heterocycles. The molecule has 0 saturated heterocycles. The van der Waals surface area contributed by atoms with Gasteiger partial charge >= 0.3 is 5.97 Å². The molecule has 2 aliphatic carbocycles. The second-order valence-electron chi connectivity index (χ2n) is 6.93. The van der Waals surface area contributed by atoms with Crippen molar-refractivity contribution < 1.29 is 14.3 Å². The highest BCUT2D eigenvalue weighted by Crippen LogP contribution is 2.52. The van der Waals surface area contributed by atoms with Crippen LogP contribution in [0.4, 0.5) is 0 Å². The summed E-state index contributed by atoms with van der Waals surface area (Å²) in [6.07, 6.45) is 7.48. The monoisotopic (exact) mass is 334 g/mol. The Bertz CT molecular complexity index is 575. The molecule has 0 aromatic carbocycles. The van der Waals surface area contributed by atoms with Crippen LogP contribution in [-0.2, 0) is 14.3 Å². The van der Waals surface area contributed by atoms with Gasteiger partial charge in [0, 0.05) is 17.9 Å². The molecule has 1 fully saturated rings. The number of thioether (sulfide) groups is 1. The highest BCUT2D eigenvalue weighted by Gasteiger charge is 2.48. The summed E-state index contributed by atoms with van der Waals surface area (Å²) in [5, 5.41) is 1.74. The number of allylic oxidation sites excluding steroid dienone is 3. The van der Waals surface area contributed by atoms with Gasteiger partial charge < -0.3 is 4.74 Å². The van der Waals surface area contributed by atoms with E-state index in [2.05, 4.69) is 20.4 Å². The first kappa shape index (κ1) is 18.1. The Kier molecular flexibility index (Phi) is 5.56. The van der Waals surface area contributed by atoms with Gasteiger partial charge in [-0.1, -0.05) is 31.6 Å². The molecule has 0 aromatic heterocycles. The minimum Gasteiger partial charge on any atom is -0.459 e. The average Bonchev–Trinajstić information content (AvgIpc) is 2.49. The van der Waals surface area contributed by atoms with Crippen molar-refractivity contribution in [2.24, 2.45) is 17.3 Å². The van der Waals surface area contributed by atoms with Crippen molar-refractivity contribution in [2.75, 3.05) is 6.26 Å². The van der Waals surface area contributed by atoms with Crippen molar-refractivity contribution in [3.05, 3.63) is 35.3 Å². The lowest BCUT2D eigenvalue weighted by Crippen LogP contribution is -2.46. The third-order valence-corrected chi connectivity index (χ3v) is 5.89. The van der Waals surface area contributed by atoms with Gasteiger partial charge in [-0.05, 0) is 49.3 Å². The van der Waals surface area contributed by atoms with Crippen LogP contribution < -0.4 is 0 Å². The van der Waals surface area contributed by atoms with Gasteiger partial charge in [0.05, 0.1) is 0 Å². The lowest BCUT2D eigenvalue weighted by atomic mass is 9.57. The summed E-state index contributed by atoms with van der Waals surface area (Å²) < 4.78 is 5.67. The molecule has 0 unspecified atom stereocenters. The van der Waals surface area contributed by atoms with Gasteiger partial charge in [0.15, 0.2) is 5.78 Å². The number of esters is 1. The number of fused-ring (bicyclic) bond motifs is 1. The second kappa shape index (κ2) is 7.08. The van der Waals surface area contributed by atoms with Crippen LogP contribution in [-0.4, -0.2) is 24.1 Å². The Labute approximate surface area is 143 Å². The van der Waals surface area contributed by atoms with Crippen LogP contribution in [0.25, 0.3) is 0 Å². The Morgan fingerprint density at radius 2 is 2.22 bits per heavy atom. The zero-order valence-electron chi connectivity index (χ0n) is 14.4. The number of rotatable bonds is 4. The van der Waals surface area contributed by atoms with Crippen molar-refractivity contribution in [1.29, 1.82) is 0 Å². The van der Waals surface area contributed by atoms with Crippen molar-refractivity contribution in [3.63, 3.8) is 0 Å². The Morgan fingerprint density at radius 3 is 2.83 bits per heavy atom. The molecular weight excluding hydrogens is 308 g/mol. The molecule has 4 atom stereocenters. The number of carbonyl (C=O) groups excluding carboxylic acids is 2. The summed E-state index contributed by atoms with van der Waals surface area (Å²) in [5.74, 6) is -0.0350. The number of ether oxygens (including phenoxy) is 1. The molecule has 0 aliphatic heterocycles. The molecule has 0 N–H and O–H groups in total. The Hall–Kier alpha value is -1.29. The van der Waals surface area contributed by atoms with Crippen LogP contribution in [0.1, 0.15) is 40.0 Å². The molecule has 23 heavy (non-hydrogen) atoms.